The van der Waals surface area contributed by atoms with Gasteiger partial charge in [0.25, 0.3) is 5.91 Å². The molecule has 12 amide bonds. The van der Waals surface area contributed by atoms with E-state index in [0.29, 0.717) is 17.7 Å². The Labute approximate surface area is 357 Å². The first-order chi connectivity index (χ1) is 27.6. The molecule has 0 aromatic carbocycles. The number of hydrogen-bond donors (Lipinski definition) is 4. The van der Waals surface area contributed by atoms with E-state index in [-0.39, 0.29) is 56.0 Å². The summed E-state index contributed by atoms with van der Waals surface area (Å²) >= 11 is 0. The number of carbonyl (C=O) groups excluding carboxylic acids is 9. The van der Waals surface area contributed by atoms with Gasteiger partial charge in [0.15, 0.2) is 0 Å². The predicted molar refractivity (Wildman–Crippen MR) is 227 cm³/mol. The Balaban J connectivity index is 6.16. The molecule has 0 rings (SSSR count). The van der Waals surface area contributed by atoms with Crippen molar-refractivity contribution in [1.29, 1.82) is 0 Å². The third-order valence-corrected chi connectivity index (χ3v) is 10.4. The Bertz CT molecular complexity index is 1500. The molecule has 0 saturated heterocycles. The van der Waals surface area contributed by atoms with Crippen LogP contribution in [0.5, 0.6) is 0 Å². The smallest absolute Gasteiger partial charge is 0.334 e. The number of nitrogens with two attached hydrogens (primary N) is 1. The van der Waals surface area contributed by atoms with E-state index < -0.39 is 90.2 Å². The monoisotopic (exact) mass is 854 g/mol. The fraction of sp³-hybridized carbons (Fsp3) is 0.780. The highest BCUT2D eigenvalue weighted by Gasteiger charge is 2.38. The molecule has 0 aliphatic rings. The lowest BCUT2D eigenvalue weighted by Crippen LogP contribution is -2.59. The number of aliphatic hydroxyl groups excluding tert-OH is 1. The van der Waals surface area contributed by atoms with Gasteiger partial charge in [-0.3, -0.25) is 39.0 Å². The molecule has 0 bridgehead atoms. The first-order valence-electron chi connectivity index (χ1n) is 20.7. The van der Waals surface area contributed by atoms with Crippen LogP contribution in [0.25, 0.3) is 0 Å². The zero-order valence-corrected chi connectivity index (χ0v) is 38.7. The quantitative estimate of drug-likeness (QED) is 0.124. The molecule has 5 atom stereocenters. The molecule has 0 heterocycles. The zero-order chi connectivity index (χ0) is 46.9. The number of primary amides is 1. The standard InChI is InChI=1S/C41H75N9O10/c1-24(2)16-17-32(52)49(14)41(60)50(15)40(59)48(13)31(22-28(9)18-19-51)37(56)44-39(58)45(10)23-33(53)46(11)30(21-26(5)6)36(55)43-34(27(7)8)38(57)47(12)29(35(42)54)20-25(3)4/h24-31,34,51H,16-23H2,1-15H3,(H2,42,54)(H,43,55)(H,44,56,58)/t28-,29+,30+,31+,34+/m1/s1. The Morgan fingerprint density at radius 1 is 0.583 bits per heavy atom. The fourth-order valence-corrected chi connectivity index (χ4v) is 6.30. The van der Waals surface area contributed by atoms with Gasteiger partial charge in [-0.1, -0.05) is 62.3 Å². The molecule has 0 fully saturated rings. The van der Waals surface area contributed by atoms with Crippen LogP contribution in [0.4, 0.5) is 14.4 Å². The number of nitrogens with one attached hydrogen (secondary N) is 2. The third-order valence-electron chi connectivity index (χ3n) is 10.4. The molecule has 0 aliphatic heterocycles. The molecule has 0 aromatic rings. The number of nitrogens with zero attached hydrogens (tertiary/aromatic N) is 6. The van der Waals surface area contributed by atoms with E-state index in [0.717, 1.165) is 14.7 Å². The lowest BCUT2D eigenvalue weighted by molar-refractivity contribution is -0.145. The van der Waals surface area contributed by atoms with E-state index in [1.54, 1.807) is 20.8 Å². The molecular formula is C41H75N9O10. The highest BCUT2D eigenvalue weighted by atomic mass is 16.3. The normalized spacial score (nSPS) is 13.8. The van der Waals surface area contributed by atoms with E-state index >= 15 is 0 Å². The van der Waals surface area contributed by atoms with Crippen molar-refractivity contribution in [2.75, 3.05) is 55.4 Å². The van der Waals surface area contributed by atoms with Gasteiger partial charge >= 0.3 is 18.1 Å². The SMILES string of the molecule is CC(C)CCC(=O)N(C)C(=O)N(C)C(=O)N(C)[C@@H](C[C@H](C)CCO)C(=O)NC(=O)N(C)CC(=O)N(C)[C@@H](CC(C)C)C(=O)N[C@H](C(=O)N(C)[C@@H](CC(C)C)C(N)=O)C(C)C. The van der Waals surface area contributed by atoms with Gasteiger partial charge < -0.3 is 35.8 Å². The molecule has 60 heavy (non-hydrogen) atoms. The minimum Gasteiger partial charge on any atom is -0.396 e. The van der Waals surface area contributed by atoms with Crippen LogP contribution < -0.4 is 16.4 Å². The summed E-state index contributed by atoms with van der Waals surface area (Å²) < 4.78 is 0. The van der Waals surface area contributed by atoms with Crippen molar-refractivity contribution < 1.29 is 48.3 Å². The van der Waals surface area contributed by atoms with Gasteiger partial charge in [-0.05, 0) is 61.7 Å². The maximum Gasteiger partial charge on any atom is 0.334 e. The first-order valence-corrected chi connectivity index (χ1v) is 20.7. The topological polar surface area (TPSA) is 243 Å². The summed E-state index contributed by atoms with van der Waals surface area (Å²) in [4.78, 5) is 125. The van der Waals surface area contributed by atoms with Crippen molar-refractivity contribution in [2.24, 2.45) is 35.3 Å². The predicted octanol–water partition coefficient (Wildman–Crippen LogP) is 2.30. The average molecular weight is 854 g/mol. The van der Waals surface area contributed by atoms with Crippen molar-refractivity contribution in [1.82, 2.24) is 40.0 Å². The highest BCUT2D eigenvalue weighted by molar-refractivity contribution is 6.03. The highest BCUT2D eigenvalue weighted by Crippen LogP contribution is 2.19. The molecule has 5 N–H and O–H groups in total. The maximum absolute atomic E-state index is 13.9. The number of rotatable bonds is 22. The lowest BCUT2D eigenvalue weighted by Gasteiger charge is -2.35. The van der Waals surface area contributed by atoms with E-state index in [2.05, 4.69) is 10.6 Å². The Morgan fingerprint density at radius 3 is 1.57 bits per heavy atom. The summed E-state index contributed by atoms with van der Waals surface area (Å²) in [5, 5.41) is 14.5. The summed E-state index contributed by atoms with van der Waals surface area (Å²) in [6.45, 7) is 15.8. The van der Waals surface area contributed by atoms with E-state index in [1.165, 1.54) is 52.1 Å². The number of amides is 12. The maximum atomic E-state index is 13.9. The minimum absolute atomic E-state index is 0.0128. The average Bonchev–Trinajstić information content (AvgIpc) is 3.16. The second kappa shape index (κ2) is 25.7. The number of carbonyl (C=O) groups is 9. The van der Waals surface area contributed by atoms with Crippen molar-refractivity contribution in [2.45, 2.75) is 125 Å². The number of hydrogen-bond acceptors (Lipinski definition) is 10. The number of aliphatic hydroxyl groups is 1. The zero-order valence-electron chi connectivity index (χ0n) is 38.7. The number of imide groups is 3. The summed E-state index contributed by atoms with van der Waals surface area (Å²) in [7, 11) is 7.81. The third kappa shape index (κ3) is 17.4. The van der Waals surface area contributed by atoms with Gasteiger partial charge in [-0.25, -0.2) is 19.3 Å². The van der Waals surface area contributed by atoms with Crippen LogP contribution >= 0.6 is 0 Å². The van der Waals surface area contributed by atoms with E-state index in [9.17, 15) is 48.3 Å². The van der Waals surface area contributed by atoms with Crippen molar-refractivity contribution in [3.8, 4) is 0 Å². The molecule has 0 unspecified atom stereocenters. The first kappa shape index (κ1) is 55.2. The molecule has 0 spiro atoms. The van der Waals surface area contributed by atoms with Gasteiger partial charge in [-0.2, -0.15) is 0 Å². The summed E-state index contributed by atoms with van der Waals surface area (Å²) in [5.74, 6) is -4.41. The summed E-state index contributed by atoms with van der Waals surface area (Å²) in [6, 6.07) is -7.17. The van der Waals surface area contributed by atoms with Crippen molar-refractivity contribution >= 4 is 53.5 Å². The summed E-state index contributed by atoms with van der Waals surface area (Å²) in [5.41, 5.74) is 5.62. The molecule has 0 aromatic heterocycles. The second-order valence-electron chi connectivity index (χ2n) is 17.5. The number of urea groups is 3. The van der Waals surface area contributed by atoms with Crippen LogP contribution in [-0.2, 0) is 28.8 Å². The van der Waals surface area contributed by atoms with Crippen LogP contribution in [-0.4, -0.2) is 168 Å². The van der Waals surface area contributed by atoms with Gasteiger partial charge in [-0.15, -0.1) is 0 Å². The molecule has 0 saturated carbocycles. The van der Waals surface area contributed by atoms with Gasteiger partial charge in [0.2, 0.25) is 29.5 Å². The van der Waals surface area contributed by atoms with Gasteiger partial charge in [0.1, 0.15) is 30.7 Å². The van der Waals surface area contributed by atoms with Gasteiger partial charge in [0, 0.05) is 55.3 Å². The van der Waals surface area contributed by atoms with E-state index in [4.69, 9.17) is 5.73 Å². The molecule has 0 radical (unpaired) electrons. The van der Waals surface area contributed by atoms with Crippen LogP contribution in [0.1, 0.15) is 101 Å². The molecule has 19 heteroatoms. The Kier molecular flexibility index (Phi) is 23.7. The second-order valence-corrected chi connectivity index (χ2v) is 17.5. The van der Waals surface area contributed by atoms with Crippen molar-refractivity contribution in [3.05, 3.63) is 0 Å². The largest absolute Gasteiger partial charge is 0.396 e. The molecule has 19 nitrogen and oxygen atoms in total. The molecule has 344 valence electrons. The lowest BCUT2D eigenvalue weighted by atomic mass is 9.97. The van der Waals surface area contributed by atoms with Crippen molar-refractivity contribution in [3.63, 3.8) is 0 Å². The summed E-state index contributed by atoms with van der Waals surface area (Å²) in [6.07, 6.45) is 1.41. The number of likely N-dealkylation sites (N-methyl/N-ethyl adjacent to an activating group) is 4. The Hall–Kier alpha value is -4.81. The molecule has 0 aliphatic carbocycles. The van der Waals surface area contributed by atoms with Crippen LogP contribution in [0, 0.1) is 29.6 Å². The van der Waals surface area contributed by atoms with Crippen LogP contribution in [0.2, 0.25) is 0 Å². The fourth-order valence-electron chi connectivity index (χ4n) is 6.30. The molecular weight excluding hydrogens is 779 g/mol. The minimum atomic E-state index is -1.31. The van der Waals surface area contributed by atoms with E-state index in [1.807, 2.05) is 41.5 Å². The van der Waals surface area contributed by atoms with Crippen LogP contribution in [0.3, 0.4) is 0 Å². The van der Waals surface area contributed by atoms with Crippen LogP contribution in [0.15, 0.2) is 0 Å². The van der Waals surface area contributed by atoms with Gasteiger partial charge in [0.05, 0.1) is 0 Å². The Morgan fingerprint density at radius 2 is 1.10 bits per heavy atom.